The van der Waals surface area contributed by atoms with E-state index in [1.807, 2.05) is 20.0 Å². The van der Waals surface area contributed by atoms with Crippen LogP contribution in [0.25, 0.3) is 0 Å². The number of hydrogen-bond donors (Lipinski definition) is 1. The topological polar surface area (TPSA) is 49.4 Å². The van der Waals surface area contributed by atoms with E-state index in [-0.39, 0.29) is 6.54 Å². The molecule has 1 N–H and O–H groups in total. The van der Waals surface area contributed by atoms with Crippen molar-refractivity contribution in [1.82, 2.24) is 9.62 Å². The Bertz CT molecular complexity index is 547. The Hall–Kier alpha value is -1.35. The molecular formula is C14H20N2O2S. The predicted octanol–water partition coefficient (Wildman–Crippen LogP) is 1.44. The van der Waals surface area contributed by atoms with Crippen molar-refractivity contribution in [3.8, 4) is 12.3 Å². The first-order valence-corrected chi connectivity index (χ1v) is 7.67. The van der Waals surface area contributed by atoms with E-state index in [2.05, 4.69) is 11.2 Å². The molecule has 0 fully saturated rings. The van der Waals surface area contributed by atoms with Gasteiger partial charge >= 0.3 is 0 Å². The maximum Gasteiger partial charge on any atom is 0.243 e. The average molecular weight is 280 g/mol. The first-order valence-electron chi connectivity index (χ1n) is 6.23. The maximum atomic E-state index is 12.5. The van der Waals surface area contributed by atoms with Gasteiger partial charge in [-0.25, -0.2) is 8.42 Å². The number of nitrogens with zero attached hydrogens (tertiary/aromatic N) is 1. The summed E-state index contributed by atoms with van der Waals surface area (Å²) in [5.74, 6) is 2.40. The highest BCUT2D eigenvalue weighted by Crippen LogP contribution is 2.17. The van der Waals surface area contributed by atoms with Crippen LogP contribution in [0.4, 0.5) is 0 Å². The van der Waals surface area contributed by atoms with Crippen molar-refractivity contribution in [2.45, 2.75) is 24.8 Å². The van der Waals surface area contributed by atoms with Crippen molar-refractivity contribution in [2.75, 3.05) is 20.1 Å². The van der Waals surface area contributed by atoms with Gasteiger partial charge in [0, 0.05) is 13.1 Å². The molecule has 0 aliphatic carbocycles. The molecule has 1 aromatic rings. The second-order valence-corrected chi connectivity index (χ2v) is 6.16. The molecule has 0 heterocycles. The number of sulfonamides is 1. The summed E-state index contributed by atoms with van der Waals surface area (Å²) in [4.78, 5) is 0.295. The molecule has 0 saturated carbocycles. The van der Waals surface area contributed by atoms with Crippen LogP contribution in [0.5, 0.6) is 0 Å². The zero-order chi connectivity index (χ0) is 14.3. The minimum atomic E-state index is -3.50. The van der Waals surface area contributed by atoms with Crippen LogP contribution in [0, 0.1) is 12.3 Å². The molecule has 0 atom stereocenters. The third kappa shape index (κ3) is 4.06. The van der Waals surface area contributed by atoms with Crippen LogP contribution in [0.15, 0.2) is 29.2 Å². The van der Waals surface area contributed by atoms with E-state index in [0.717, 1.165) is 12.0 Å². The Balaban J connectivity index is 3.10. The molecule has 0 bridgehead atoms. The summed E-state index contributed by atoms with van der Waals surface area (Å²) in [6.45, 7) is 3.10. The first-order chi connectivity index (χ1) is 9.06. The molecule has 0 radical (unpaired) electrons. The Labute approximate surface area is 115 Å². The molecule has 104 valence electrons. The van der Waals surface area contributed by atoms with Crippen molar-refractivity contribution < 1.29 is 8.42 Å². The van der Waals surface area contributed by atoms with Gasteiger partial charge in [-0.2, -0.15) is 4.31 Å². The molecule has 1 rings (SSSR count). The quantitative estimate of drug-likeness (QED) is 0.769. The molecule has 1 aromatic carbocycles. The lowest BCUT2D eigenvalue weighted by Crippen LogP contribution is -2.32. The Morgan fingerprint density at radius 2 is 2.16 bits per heavy atom. The maximum absolute atomic E-state index is 12.5. The average Bonchev–Trinajstić information content (AvgIpc) is 2.39. The molecule has 5 heteroatoms. The summed E-state index contributed by atoms with van der Waals surface area (Å²) in [6, 6.07) is 6.93. The van der Waals surface area contributed by atoms with Crippen LogP contribution >= 0.6 is 0 Å². The third-order valence-corrected chi connectivity index (χ3v) is 4.50. The minimum absolute atomic E-state index is 0.104. The second kappa shape index (κ2) is 7.29. The number of benzene rings is 1. The largest absolute Gasteiger partial charge is 0.316 e. The number of terminal acetylenes is 1. The fourth-order valence-corrected chi connectivity index (χ4v) is 3.32. The van der Waals surface area contributed by atoms with Crippen LogP contribution in [0.2, 0.25) is 0 Å². The van der Waals surface area contributed by atoms with Gasteiger partial charge in [-0.3, -0.25) is 0 Å². The monoisotopic (exact) mass is 280 g/mol. The van der Waals surface area contributed by atoms with E-state index in [1.165, 1.54) is 4.31 Å². The van der Waals surface area contributed by atoms with Gasteiger partial charge in [-0.05, 0) is 31.2 Å². The van der Waals surface area contributed by atoms with E-state index in [4.69, 9.17) is 6.42 Å². The van der Waals surface area contributed by atoms with Crippen molar-refractivity contribution in [3.05, 3.63) is 29.8 Å². The van der Waals surface area contributed by atoms with Crippen molar-refractivity contribution in [3.63, 3.8) is 0 Å². The number of nitrogens with one attached hydrogen (secondary N) is 1. The fraction of sp³-hybridized carbons (Fsp3) is 0.429. The first kappa shape index (κ1) is 15.7. The van der Waals surface area contributed by atoms with E-state index in [0.29, 0.717) is 18.0 Å². The third-order valence-electron chi connectivity index (χ3n) is 2.66. The Kier molecular flexibility index (Phi) is 6.03. The van der Waals surface area contributed by atoms with Gasteiger partial charge in [-0.15, -0.1) is 6.42 Å². The summed E-state index contributed by atoms with van der Waals surface area (Å²) < 4.78 is 26.3. The highest BCUT2D eigenvalue weighted by molar-refractivity contribution is 7.89. The van der Waals surface area contributed by atoms with Gasteiger partial charge in [-0.1, -0.05) is 25.0 Å². The van der Waals surface area contributed by atoms with Crippen LogP contribution in [0.1, 0.15) is 18.9 Å². The molecule has 0 aromatic heterocycles. The van der Waals surface area contributed by atoms with Gasteiger partial charge < -0.3 is 5.32 Å². The standard InChI is InChI=1S/C14H20N2O2S/c1-4-9-16(10-5-2)19(17,18)14-8-6-7-13(11-14)12-15-3/h1,6-8,11,15H,5,9-10,12H2,2-3H3. The number of hydrogen-bond acceptors (Lipinski definition) is 3. The van der Waals surface area contributed by atoms with E-state index in [9.17, 15) is 8.42 Å². The fourth-order valence-electron chi connectivity index (χ4n) is 1.80. The molecule has 0 spiro atoms. The highest BCUT2D eigenvalue weighted by Gasteiger charge is 2.22. The van der Waals surface area contributed by atoms with Crippen molar-refractivity contribution in [2.24, 2.45) is 0 Å². The summed E-state index contributed by atoms with van der Waals surface area (Å²) in [5, 5.41) is 3.00. The van der Waals surface area contributed by atoms with Gasteiger partial charge in [0.15, 0.2) is 0 Å². The molecule has 0 amide bonds. The Morgan fingerprint density at radius 3 is 2.74 bits per heavy atom. The van der Waals surface area contributed by atoms with Gasteiger partial charge in [0.25, 0.3) is 0 Å². The van der Waals surface area contributed by atoms with Crippen LogP contribution < -0.4 is 5.32 Å². The van der Waals surface area contributed by atoms with Gasteiger partial charge in [0.2, 0.25) is 10.0 Å². The zero-order valence-electron chi connectivity index (χ0n) is 11.4. The molecule has 0 aliphatic heterocycles. The predicted molar refractivity (Wildman–Crippen MR) is 77.1 cm³/mol. The molecule has 0 saturated heterocycles. The van der Waals surface area contributed by atoms with Crippen LogP contribution in [0.3, 0.4) is 0 Å². The summed E-state index contributed by atoms with van der Waals surface area (Å²) in [5.41, 5.74) is 0.931. The lowest BCUT2D eigenvalue weighted by atomic mass is 10.2. The van der Waals surface area contributed by atoms with E-state index in [1.54, 1.807) is 18.2 Å². The molecule has 0 unspecified atom stereocenters. The molecule has 19 heavy (non-hydrogen) atoms. The summed E-state index contributed by atoms with van der Waals surface area (Å²) in [7, 11) is -1.68. The molecule has 0 aliphatic rings. The smallest absolute Gasteiger partial charge is 0.243 e. The van der Waals surface area contributed by atoms with Crippen molar-refractivity contribution >= 4 is 10.0 Å². The van der Waals surface area contributed by atoms with E-state index >= 15 is 0 Å². The highest BCUT2D eigenvalue weighted by atomic mass is 32.2. The second-order valence-electron chi connectivity index (χ2n) is 4.22. The SMILES string of the molecule is C#CCN(CCC)S(=O)(=O)c1cccc(CNC)c1. The van der Waals surface area contributed by atoms with Crippen molar-refractivity contribution in [1.29, 1.82) is 0 Å². The lowest BCUT2D eigenvalue weighted by Gasteiger charge is -2.19. The molecular weight excluding hydrogens is 260 g/mol. The molecule has 4 nitrogen and oxygen atoms in total. The number of rotatable bonds is 7. The zero-order valence-corrected chi connectivity index (χ0v) is 12.2. The minimum Gasteiger partial charge on any atom is -0.316 e. The van der Waals surface area contributed by atoms with Crippen LogP contribution in [-0.2, 0) is 16.6 Å². The van der Waals surface area contributed by atoms with Crippen LogP contribution in [-0.4, -0.2) is 32.9 Å². The summed E-state index contributed by atoms with van der Waals surface area (Å²) >= 11 is 0. The Morgan fingerprint density at radius 1 is 1.42 bits per heavy atom. The summed E-state index contributed by atoms with van der Waals surface area (Å²) in [6.07, 6.45) is 5.98. The van der Waals surface area contributed by atoms with Gasteiger partial charge in [0.05, 0.1) is 11.4 Å². The normalized spacial score (nSPS) is 11.5. The van der Waals surface area contributed by atoms with E-state index < -0.39 is 10.0 Å². The van der Waals surface area contributed by atoms with Gasteiger partial charge in [0.1, 0.15) is 0 Å². The lowest BCUT2D eigenvalue weighted by molar-refractivity contribution is 0.445.